The molecule has 18 heavy (non-hydrogen) atoms. The molecule has 2 aromatic rings. The van der Waals surface area contributed by atoms with Gasteiger partial charge in [-0.2, -0.15) is 0 Å². The van der Waals surface area contributed by atoms with Crippen molar-refractivity contribution in [3.63, 3.8) is 0 Å². The number of aryl methyl sites for hydroxylation is 1. The molecule has 0 radical (unpaired) electrons. The van der Waals surface area contributed by atoms with Crippen LogP contribution < -0.4 is 0 Å². The third kappa shape index (κ3) is 2.82. The summed E-state index contributed by atoms with van der Waals surface area (Å²) in [6.45, 7) is 1.87. The summed E-state index contributed by atoms with van der Waals surface area (Å²) in [6.07, 6.45) is 3.45. The number of halogens is 2. The Morgan fingerprint density at radius 1 is 1.39 bits per heavy atom. The second kappa shape index (κ2) is 5.40. The maximum absolute atomic E-state index is 12.9. The molecule has 4 heteroatoms. The fraction of sp³-hybridized carbons (Fsp3) is 0.143. The summed E-state index contributed by atoms with van der Waals surface area (Å²) < 4.78 is 13.6. The Labute approximate surface area is 113 Å². The second-order valence-electron chi connectivity index (χ2n) is 4.03. The average molecular weight is 308 g/mol. The molecule has 0 amide bonds. The van der Waals surface area contributed by atoms with Gasteiger partial charge >= 0.3 is 0 Å². The summed E-state index contributed by atoms with van der Waals surface area (Å²) in [5.74, 6) is -0.344. The van der Waals surface area contributed by atoms with E-state index < -0.39 is 0 Å². The minimum absolute atomic E-state index is 0.0205. The average Bonchev–Trinajstić information content (AvgIpc) is 2.33. The maximum Gasteiger partial charge on any atom is 0.169 e. The van der Waals surface area contributed by atoms with Crippen molar-refractivity contribution >= 4 is 21.7 Å². The number of carbonyl (C=O) groups excluding carboxylic acids is 1. The molecule has 1 aromatic heterocycles. The zero-order chi connectivity index (χ0) is 13.1. The predicted octanol–water partition coefficient (Wildman–Crippen LogP) is 3.72. The summed E-state index contributed by atoms with van der Waals surface area (Å²) in [6, 6.07) is 6.12. The summed E-state index contributed by atoms with van der Waals surface area (Å²) >= 11 is 3.26. The smallest absolute Gasteiger partial charge is 0.169 e. The van der Waals surface area contributed by atoms with Crippen LogP contribution >= 0.6 is 15.9 Å². The van der Waals surface area contributed by atoms with E-state index in [4.69, 9.17) is 0 Å². The lowest BCUT2D eigenvalue weighted by atomic mass is 10.0. The van der Waals surface area contributed by atoms with Gasteiger partial charge in [0, 0.05) is 28.9 Å². The van der Waals surface area contributed by atoms with Gasteiger partial charge in [0.05, 0.1) is 0 Å². The molecule has 0 unspecified atom stereocenters. The van der Waals surface area contributed by atoms with Gasteiger partial charge in [-0.3, -0.25) is 9.78 Å². The summed E-state index contributed by atoms with van der Waals surface area (Å²) in [5, 5.41) is 0. The van der Waals surface area contributed by atoms with E-state index in [1.807, 2.05) is 6.92 Å². The SMILES string of the molecule is Cc1ccncc1C(=O)Cc1ccc(F)cc1Br. The number of ketones is 1. The van der Waals surface area contributed by atoms with Crippen LogP contribution in [-0.2, 0) is 6.42 Å². The maximum atomic E-state index is 12.9. The van der Waals surface area contributed by atoms with Crippen molar-refractivity contribution < 1.29 is 9.18 Å². The molecule has 1 aromatic carbocycles. The molecular weight excluding hydrogens is 297 g/mol. The van der Waals surface area contributed by atoms with Gasteiger partial charge in [0.2, 0.25) is 0 Å². The number of benzene rings is 1. The third-order valence-electron chi connectivity index (χ3n) is 2.71. The molecule has 0 aliphatic rings. The van der Waals surface area contributed by atoms with E-state index in [0.717, 1.165) is 11.1 Å². The van der Waals surface area contributed by atoms with Crippen molar-refractivity contribution in [1.82, 2.24) is 4.98 Å². The van der Waals surface area contributed by atoms with Crippen LogP contribution in [-0.4, -0.2) is 10.8 Å². The quantitative estimate of drug-likeness (QED) is 0.809. The minimum atomic E-state index is -0.323. The van der Waals surface area contributed by atoms with Crippen LogP contribution in [0.3, 0.4) is 0 Å². The highest BCUT2D eigenvalue weighted by molar-refractivity contribution is 9.10. The number of aromatic nitrogens is 1. The first-order chi connectivity index (χ1) is 8.58. The van der Waals surface area contributed by atoms with E-state index in [-0.39, 0.29) is 18.0 Å². The largest absolute Gasteiger partial charge is 0.294 e. The van der Waals surface area contributed by atoms with E-state index in [9.17, 15) is 9.18 Å². The number of carbonyl (C=O) groups is 1. The molecule has 2 nitrogen and oxygen atoms in total. The first-order valence-electron chi connectivity index (χ1n) is 5.45. The summed E-state index contributed by atoms with van der Waals surface area (Å²) in [4.78, 5) is 16.1. The summed E-state index contributed by atoms with van der Waals surface area (Å²) in [5.41, 5.74) is 2.27. The Balaban J connectivity index is 2.24. The zero-order valence-corrected chi connectivity index (χ0v) is 11.4. The van der Waals surface area contributed by atoms with Gasteiger partial charge < -0.3 is 0 Å². The Kier molecular flexibility index (Phi) is 3.87. The monoisotopic (exact) mass is 307 g/mol. The topological polar surface area (TPSA) is 30.0 Å². The highest BCUT2D eigenvalue weighted by atomic mass is 79.9. The van der Waals surface area contributed by atoms with Gasteiger partial charge in [0.15, 0.2) is 5.78 Å². The van der Waals surface area contributed by atoms with Crippen LogP contribution in [0, 0.1) is 12.7 Å². The lowest BCUT2D eigenvalue weighted by Crippen LogP contribution is -2.06. The van der Waals surface area contributed by atoms with Gasteiger partial charge in [-0.25, -0.2) is 4.39 Å². The molecule has 0 spiro atoms. The molecule has 0 saturated heterocycles. The predicted molar refractivity (Wildman–Crippen MR) is 71.1 cm³/mol. The van der Waals surface area contributed by atoms with Crippen molar-refractivity contribution in [1.29, 1.82) is 0 Å². The van der Waals surface area contributed by atoms with Crippen LogP contribution in [0.2, 0.25) is 0 Å². The van der Waals surface area contributed by atoms with Crippen molar-refractivity contribution in [3.05, 3.63) is 63.6 Å². The second-order valence-corrected chi connectivity index (χ2v) is 4.88. The standard InChI is InChI=1S/C14H11BrFNO/c1-9-4-5-17-8-12(9)14(18)6-10-2-3-11(16)7-13(10)15/h2-5,7-8H,6H2,1H3. The molecule has 92 valence electrons. The van der Waals surface area contributed by atoms with Crippen molar-refractivity contribution in [2.75, 3.05) is 0 Å². The van der Waals surface area contributed by atoms with Crippen LogP contribution in [0.4, 0.5) is 4.39 Å². The lowest BCUT2D eigenvalue weighted by Gasteiger charge is -2.06. The Morgan fingerprint density at radius 3 is 2.83 bits per heavy atom. The molecule has 0 aliphatic heterocycles. The summed E-state index contributed by atoms with van der Waals surface area (Å²) in [7, 11) is 0. The molecule has 0 aliphatic carbocycles. The van der Waals surface area contributed by atoms with Gasteiger partial charge in [-0.15, -0.1) is 0 Å². The highest BCUT2D eigenvalue weighted by Crippen LogP contribution is 2.20. The van der Waals surface area contributed by atoms with E-state index in [1.54, 1.807) is 24.5 Å². The fourth-order valence-corrected chi connectivity index (χ4v) is 2.18. The molecule has 0 fully saturated rings. The fourth-order valence-electron chi connectivity index (χ4n) is 1.69. The first kappa shape index (κ1) is 12.9. The molecule has 0 N–H and O–H groups in total. The van der Waals surface area contributed by atoms with Crippen molar-refractivity contribution in [2.24, 2.45) is 0 Å². The van der Waals surface area contributed by atoms with E-state index in [2.05, 4.69) is 20.9 Å². The van der Waals surface area contributed by atoms with Gasteiger partial charge in [-0.1, -0.05) is 22.0 Å². The van der Waals surface area contributed by atoms with Gasteiger partial charge in [0.25, 0.3) is 0 Å². The zero-order valence-electron chi connectivity index (χ0n) is 9.78. The number of pyridine rings is 1. The highest BCUT2D eigenvalue weighted by Gasteiger charge is 2.12. The van der Waals surface area contributed by atoms with Crippen LogP contribution in [0.5, 0.6) is 0 Å². The molecule has 0 atom stereocenters. The van der Waals surface area contributed by atoms with Crippen LogP contribution in [0.15, 0.2) is 41.1 Å². The lowest BCUT2D eigenvalue weighted by molar-refractivity contribution is 0.0992. The van der Waals surface area contributed by atoms with Crippen LogP contribution in [0.1, 0.15) is 21.5 Å². The van der Waals surface area contributed by atoms with E-state index in [1.165, 1.54) is 12.1 Å². The van der Waals surface area contributed by atoms with Gasteiger partial charge in [0.1, 0.15) is 5.82 Å². The van der Waals surface area contributed by atoms with Gasteiger partial charge in [-0.05, 0) is 36.2 Å². The number of rotatable bonds is 3. The molecule has 0 bridgehead atoms. The number of nitrogens with zero attached hydrogens (tertiary/aromatic N) is 1. The Morgan fingerprint density at radius 2 is 2.17 bits per heavy atom. The Hall–Kier alpha value is -1.55. The molecular formula is C14H11BrFNO. The molecule has 0 saturated carbocycles. The number of hydrogen-bond acceptors (Lipinski definition) is 2. The normalized spacial score (nSPS) is 10.4. The van der Waals surface area contributed by atoms with Crippen molar-refractivity contribution in [2.45, 2.75) is 13.3 Å². The van der Waals surface area contributed by atoms with Crippen LogP contribution in [0.25, 0.3) is 0 Å². The number of Topliss-reactive ketones (excluding diaryl/α,β-unsaturated/α-hetero) is 1. The minimum Gasteiger partial charge on any atom is -0.294 e. The Bertz CT molecular complexity index is 598. The molecule has 2 rings (SSSR count). The van der Waals surface area contributed by atoms with E-state index in [0.29, 0.717) is 10.0 Å². The third-order valence-corrected chi connectivity index (χ3v) is 3.44. The van der Waals surface area contributed by atoms with Crippen molar-refractivity contribution in [3.8, 4) is 0 Å². The molecule has 1 heterocycles. The number of hydrogen-bond donors (Lipinski definition) is 0. The van der Waals surface area contributed by atoms with E-state index >= 15 is 0 Å². The first-order valence-corrected chi connectivity index (χ1v) is 6.25.